The highest BCUT2D eigenvalue weighted by Crippen LogP contribution is 2.35. The first-order valence-corrected chi connectivity index (χ1v) is 8.88. The summed E-state index contributed by atoms with van der Waals surface area (Å²) in [6.07, 6.45) is 8.86. The first kappa shape index (κ1) is 15.5. The maximum absolute atomic E-state index is 6.64. The van der Waals surface area contributed by atoms with E-state index < -0.39 is 0 Å². The molecule has 2 nitrogen and oxygen atoms in total. The van der Waals surface area contributed by atoms with Crippen molar-refractivity contribution < 1.29 is 0 Å². The third-order valence-corrected chi connectivity index (χ3v) is 6.31. The van der Waals surface area contributed by atoms with Gasteiger partial charge in [0, 0.05) is 26.3 Å². The molecule has 0 aliphatic heterocycles. The second kappa shape index (κ2) is 6.70. The second-order valence-electron chi connectivity index (χ2n) is 5.95. The lowest BCUT2D eigenvalue weighted by Gasteiger charge is -2.44. The Balaban J connectivity index is 2.13. The highest BCUT2D eigenvalue weighted by atomic mass is 79.9. The van der Waals surface area contributed by atoms with Gasteiger partial charge in [-0.2, -0.15) is 0 Å². The Morgan fingerprint density at radius 2 is 1.95 bits per heavy atom. The number of hydrogen-bond acceptors (Lipinski definition) is 3. The van der Waals surface area contributed by atoms with Crippen LogP contribution < -0.4 is 5.73 Å². The van der Waals surface area contributed by atoms with Crippen LogP contribution in [0.1, 0.15) is 43.4 Å². The molecule has 2 rings (SSSR count). The summed E-state index contributed by atoms with van der Waals surface area (Å²) >= 11 is 5.34. The van der Waals surface area contributed by atoms with E-state index in [1.165, 1.54) is 47.9 Å². The van der Waals surface area contributed by atoms with Crippen LogP contribution in [0, 0.1) is 0 Å². The Morgan fingerprint density at radius 1 is 1.32 bits per heavy atom. The average Bonchev–Trinajstić information content (AvgIpc) is 2.65. The van der Waals surface area contributed by atoms with Crippen LogP contribution in [0.15, 0.2) is 15.9 Å². The predicted molar refractivity (Wildman–Crippen MR) is 87.8 cm³/mol. The minimum absolute atomic E-state index is 0.187. The van der Waals surface area contributed by atoms with Gasteiger partial charge >= 0.3 is 0 Å². The summed E-state index contributed by atoms with van der Waals surface area (Å²) in [6.45, 7) is 0. The molecule has 1 aliphatic rings. The molecule has 0 amide bonds. The molecule has 4 heteroatoms. The molecule has 0 radical (unpaired) electrons. The van der Waals surface area contributed by atoms with Crippen LogP contribution >= 0.6 is 27.3 Å². The molecule has 19 heavy (non-hydrogen) atoms. The second-order valence-corrected chi connectivity index (χ2v) is 7.87. The Kier molecular flexibility index (Phi) is 5.46. The Bertz CT molecular complexity index is 395. The number of nitrogens with zero attached hydrogens (tertiary/aromatic N) is 1. The molecule has 0 aromatic carbocycles. The summed E-state index contributed by atoms with van der Waals surface area (Å²) in [5, 5.41) is 2.15. The molecule has 1 aromatic rings. The van der Waals surface area contributed by atoms with Crippen molar-refractivity contribution in [2.45, 2.75) is 56.5 Å². The molecule has 0 saturated heterocycles. The number of halogens is 1. The molecule has 1 aliphatic carbocycles. The third kappa shape index (κ3) is 3.60. The monoisotopic (exact) mass is 344 g/mol. The number of hydrogen-bond donors (Lipinski definition) is 1. The quantitative estimate of drug-likeness (QED) is 0.835. The van der Waals surface area contributed by atoms with Crippen molar-refractivity contribution in [2.24, 2.45) is 5.73 Å². The molecule has 108 valence electrons. The van der Waals surface area contributed by atoms with Gasteiger partial charge in [-0.25, -0.2) is 0 Å². The minimum atomic E-state index is 0.187. The van der Waals surface area contributed by atoms with E-state index in [1.807, 2.05) is 11.3 Å². The van der Waals surface area contributed by atoms with Gasteiger partial charge in [0.05, 0.1) is 0 Å². The molecule has 1 saturated carbocycles. The summed E-state index contributed by atoms with van der Waals surface area (Å²) < 4.78 is 1.18. The van der Waals surface area contributed by atoms with Crippen LogP contribution in [0.5, 0.6) is 0 Å². The van der Waals surface area contributed by atoms with Gasteiger partial charge in [-0.3, -0.25) is 0 Å². The molecule has 1 fully saturated rings. The minimum Gasteiger partial charge on any atom is -0.326 e. The zero-order chi connectivity index (χ0) is 13.9. The van der Waals surface area contributed by atoms with E-state index in [9.17, 15) is 0 Å². The molecule has 0 bridgehead atoms. The maximum atomic E-state index is 6.64. The van der Waals surface area contributed by atoms with Gasteiger partial charge in [0.15, 0.2) is 0 Å². The van der Waals surface area contributed by atoms with Crippen molar-refractivity contribution >= 4 is 27.3 Å². The van der Waals surface area contributed by atoms with E-state index in [0.29, 0.717) is 0 Å². The van der Waals surface area contributed by atoms with Crippen LogP contribution in [0.4, 0.5) is 0 Å². The maximum Gasteiger partial charge on any atom is 0.0357 e. The fraction of sp³-hybridized carbons (Fsp3) is 0.733. The number of thiophene rings is 1. The first-order valence-electron chi connectivity index (χ1n) is 7.20. The van der Waals surface area contributed by atoms with Gasteiger partial charge in [-0.1, -0.05) is 25.7 Å². The van der Waals surface area contributed by atoms with Crippen molar-refractivity contribution in [3.8, 4) is 0 Å². The Hall–Kier alpha value is 0.1000. The molecule has 1 aromatic heterocycles. The van der Waals surface area contributed by atoms with Gasteiger partial charge in [-0.05, 0) is 55.4 Å². The molecular formula is C15H25BrN2S. The highest BCUT2D eigenvalue weighted by Gasteiger charge is 2.38. The van der Waals surface area contributed by atoms with Crippen molar-refractivity contribution in [3.63, 3.8) is 0 Å². The van der Waals surface area contributed by atoms with Crippen molar-refractivity contribution in [2.75, 3.05) is 14.1 Å². The average molecular weight is 345 g/mol. The summed E-state index contributed by atoms with van der Waals surface area (Å²) in [5.74, 6) is 0. The van der Waals surface area contributed by atoms with E-state index in [-0.39, 0.29) is 11.6 Å². The molecule has 2 N–H and O–H groups in total. The molecule has 1 unspecified atom stereocenters. The molecule has 0 spiro atoms. The number of likely N-dealkylation sites (N-methyl/N-ethyl adjacent to an activating group) is 1. The van der Waals surface area contributed by atoms with Gasteiger partial charge in [-0.15, -0.1) is 11.3 Å². The summed E-state index contributed by atoms with van der Waals surface area (Å²) in [7, 11) is 4.41. The van der Waals surface area contributed by atoms with E-state index in [2.05, 4.69) is 46.4 Å². The van der Waals surface area contributed by atoms with E-state index in [0.717, 1.165) is 6.42 Å². The largest absolute Gasteiger partial charge is 0.326 e. The predicted octanol–water partition coefficient (Wildman–Crippen LogP) is 4.04. The van der Waals surface area contributed by atoms with Crippen molar-refractivity contribution in [1.29, 1.82) is 0 Å². The van der Waals surface area contributed by atoms with Crippen LogP contribution in [-0.2, 0) is 6.42 Å². The Morgan fingerprint density at radius 3 is 2.42 bits per heavy atom. The molecular weight excluding hydrogens is 320 g/mol. The van der Waals surface area contributed by atoms with Crippen LogP contribution in [0.3, 0.4) is 0 Å². The lowest BCUT2D eigenvalue weighted by atomic mass is 9.80. The standard InChI is InChI=1S/C15H25BrN2S/c1-18(2)15(7-5-3-4-6-8-15)14(17)10-13-9-12(16)11-19-13/h9,11,14H,3-8,10,17H2,1-2H3. The van der Waals surface area contributed by atoms with Gasteiger partial charge in [0.1, 0.15) is 0 Å². The topological polar surface area (TPSA) is 29.3 Å². The first-order chi connectivity index (χ1) is 9.04. The zero-order valence-electron chi connectivity index (χ0n) is 12.0. The van der Waals surface area contributed by atoms with E-state index in [1.54, 1.807) is 0 Å². The van der Waals surface area contributed by atoms with Gasteiger partial charge < -0.3 is 10.6 Å². The lowest BCUT2D eigenvalue weighted by molar-refractivity contribution is 0.0971. The SMILES string of the molecule is CN(C)C1(C(N)Cc2cc(Br)cs2)CCCCCC1. The molecule has 1 heterocycles. The highest BCUT2D eigenvalue weighted by molar-refractivity contribution is 9.10. The summed E-state index contributed by atoms with van der Waals surface area (Å²) in [6, 6.07) is 2.44. The van der Waals surface area contributed by atoms with E-state index in [4.69, 9.17) is 5.73 Å². The van der Waals surface area contributed by atoms with Crippen molar-refractivity contribution in [3.05, 3.63) is 20.8 Å². The third-order valence-electron chi connectivity index (χ3n) is 4.59. The van der Waals surface area contributed by atoms with E-state index >= 15 is 0 Å². The fourth-order valence-corrected chi connectivity index (χ4v) is 4.87. The zero-order valence-corrected chi connectivity index (χ0v) is 14.4. The normalized spacial score (nSPS) is 21.3. The van der Waals surface area contributed by atoms with Gasteiger partial charge in [0.25, 0.3) is 0 Å². The van der Waals surface area contributed by atoms with Crippen LogP contribution in [-0.4, -0.2) is 30.6 Å². The number of rotatable bonds is 4. The van der Waals surface area contributed by atoms with Crippen molar-refractivity contribution in [1.82, 2.24) is 4.90 Å². The molecule has 1 atom stereocenters. The summed E-state index contributed by atoms with van der Waals surface area (Å²) in [5.41, 5.74) is 6.83. The summed E-state index contributed by atoms with van der Waals surface area (Å²) in [4.78, 5) is 3.79. The number of nitrogens with two attached hydrogens (primary N) is 1. The smallest absolute Gasteiger partial charge is 0.0357 e. The Labute approximate surface area is 129 Å². The van der Waals surface area contributed by atoms with Crippen LogP contribution in [0.2, 0.25) is 0 Å². The van der Waals surface area contributed by atoms with Gasteiger partial charge in [0.2, 0.25) is 0 Å². The van der Waals surface area contributed by atoms with Crippen LogP contribution in [0.25, 0.3) is 0 Å². The lowest BCUT2D eigenvalue weighted by Crippen LogP contribution is -2.58. The fourth-order valence-electron chi connectivity index (χ4n) is 3.36.